The summed E-state index contributed by atoms with van der Waals surface area (Å²) < 4.78 is 28.6. The lowest BCUT2D eigenvalue weighted by atomic mass is 9.94. The molecule has 30 heavy (non-hydrogen) atoms. The molecule has 0 saturated carbocycles. The second kappa shape index (κ2) is 7.72. The molecule has 7 heteroatoms. The molecule has 4 rings (SSSR count). The topological polar surface area (TPSA) is 57.6 Å². The fraction of sp³-hybridized carbons (Fsp3) is 0.0435. The van der Waals surface area contributed by atoms with E-state index in [0.29, 0.717) is 5.02 Å². The number of amides is 1. The van der Waals surface area contributed by atoms with Gasteiger partial charge in [0, 0.05) is 21.8 Å². The number of rotatable bonds is 3. The lowest BCUT2D eigenvalue weighted by Gasteiger charge is -2.25. The van der Waals surface area contributed by atoms with Gasteiger partial charge in [-0.1, -0.05) is 35.9 Å². The Morgan fingerprint density at radius 1 is 0.933 bits per heavy atom. The highest BCUT2D eigenvalue weighted by Gasteiger charge is 2.47. The van der Waals surface area contributed by atoms with Crippen LogP contribution in [0.15, 0.2) is 78.4 Å². The number of aliphatic hydroxyl groups is 1. The van der Waals surface area contributed by atoms with Crippen LogP contribution in [0, 0.1) is 11.6 Å². The summed E-state index contributed by atoms with van der Waals surface area (Å²) >= 11 is 5.88. The molecule has 1 unspecified atom stereocenters. The Hall–Kier alpha value is -3.51. The van der Waals surface area contributed by atoms with Crippen molar-refractivity contribution in [1.29, 1.82) is 0 Å². The van der Waals surface area contributed by atoms with Crippen LogP contribution in [0.5, 0.6) is 0 Å². The van der Waals surface area contributed by atoms with Crippen molar-refractivity contribution in [2.75, 3.05) is 4.90 Å². The van der Waals surface area contributed by atoms with Crippen molar-refractivity contribution >= 4 is 34.7 Å². The third-order valence-corrected chi connectivity index (χ3v) is 5.10. The number of carbonyl (C=O) groups is 2. The van der Waals surface area contributed by atoms with Crippen LogP contribution in [-0.2, 0) is 9.59 Å². The van der Waals surface area contributed by atoms with Gasteiger partial charge >= 0.3 is 0 Å². The molecule has 1 saturated heterocycles. The molecule has 1 heterocycles. The van der Waals surface area contributed by atoms with E-state index < -0.39 is 35.1 Å². The van der Waals surface area contributed by atoms with E-state index in [-0.39, 0.29) is 22.4 Å². The lowest BCUT2D eigenvalue weighted by molar-refractivity contribution is -0.132. The van der Waals surface area contributed by atoms with Crippen LogP contribution in [-0.4, -0.2) is 16.8 Å². The van der Waals surface area contributed by atoms with E-state index in [9.17, 15) is 23.5 Å². The van der Waals surface area contributed by atoms with Gasteiger partial charge in [-0.25, -0.2) is 8.78 Å². The number of hydrogen-bond acceptors (Lipinski definition) is 3. The summed E-state index contributed by atoms with van der Waals surface area (Å²) in [6.07, 6.45) is 0. The number of nitrogens with zero attached hydrogens (tertiary/aromatic N) is 1. The number of aliphatic hydroxyl groups excluding tert-OH is 1. The fourth-order valence-corrected chi connectivity index (χ4v) is 3.61. The molecule has 0 bridgehead atoms. The van der Waals surface area contributed by atoms with Crippen molar-refractivity contribution in [3.8, 4) is 0 Å². The molecule has 1 amide bonds. The molecular weight excluding hydrogens is 412 g/mol. The Balaban J connectivity index is 1.98. The first-order valence-corrected chi connectivity index (χ1v) is 9.33. The SMILES string of the molecule is O=C1C(=O)N(c2cccc(F)c2)C(c2ccccc2F)/C1=C(\O)c1ccc(Cl)cc1. The van der Waals surface area contributed by atoms with Crippen LogP contribution in [0.1, 0.15) is 17.2 Å². The molecule has 150 valence electrons. The smallest absolute Gasteiger partial charge is 0.300 e. The van der Waals surface area contributed by atoms with Gasteiger partial charge in [0.25, 0.3) is 11.7 Å². The van der Waals surface area contributed by atoms with Crippen LogP contribution in [0.2, 0.25) is 5.02 Å². The number of carbonyl (C=O) groups excluding carboxylic acids is 2. The van der Waals surface area contributed by atoms with E-state index >= 15 is 0 Å². The van der Waals surface area contributed by atoms with E-state index in [0.717, 1.165) is 11.0 Å². The second-order valence-corrected chi connectivity index (χ2v) is 7.11. The van der Waals surface area contributed by atoms with Gasteiger partial charge in [0.1, 0.15) is 17.4 Å². The van der Waals surface area contributed by atoms with Crippen molar-refractivity contribution in [3.63, 3.8) is 0 Å². The first kappa shape index (κ1) is 19.8. The van der Waals surface area contributed by atoms with E-state index in [2.05, 4.69) is 0 Å². The summed E-state index contributed by atoms with van der Waals surface area (Å²) in [5, 5.41) is 11.3. The first-order chi connectivity index (χ1) is 14.4. The molecule has 1 N–H and O–H groups in total. The molecule has 0 aromatic heterocycles. The van der Waals surface area contributed by atoms with E-state index in [4.69, 9.17) is 11.6 Å². The highest BCUT2D eigenvalue weighted by Crippen LogP contribution is 2.43. The standard InChI is InChI=1S/C23H14ClF2NO3/c24-14-10-8-13(9-11-14)21(28)19-20(17-6-1-2-7-18(17)26)27(23(30)22(19)29)16-5-3-4-15(25)12-16/h1-12,20,28H/b21-19+. The number of anilines is 1. The lowest BCUT2D eigenvalue weighted by Crippen LogP contribution is -2.30. The van der Waals surface area contributed by atoms with Gasteiger partial charge in [-0.05, 0) is 48.5 Å². The summed E-state index contributed by atoms with van der Waals surface area (Å²) in [7, 11) is 0. The van der Waals surface area contributed by atoms with E-state index in [1.165, 1.54) is 60.7 Å². The fourth-order valence-electron chi connectivity index (χ4n) is 3.48. The van der Waals surface area contributed by atoms with E-state index in [1.807, 2.05) is 0 Å². The molecule has 1 fully saturated rings. The van der Waals surface area contributed by atoms with Crippen LogP contribution < -0.4 is 4.90 Å². The number of benzene rings is 3. The highest BCUT2D eigenvalue weighted by molar-refractivity contribution is 6.51. The Kier molecular flexibility index (Phi) is 5.10. The van der Waals surface area contributed by atoms with Crippen molar-refractivity contribution in [3.05, 3.63) is 106 Å². The molecule has 3 aromatic carbocycles. The Morgan fingerprint density at radius 3 is 2.30 bits per heavy atom. The van der Waals surface area contributed by atoms with Gasteiger partial charge in [0.2, 0.25) is 0 Å². The normalized spacial score (nSPS) is 18.1. The van der Waals surface area contributed by atoms with Crippen LogP contribution in [0.3, 0.4) is 0 Å². The molecule has 3 aromatic rings. The monoisotopic (exact) mass is 425 g/mol. The molecule has 0 spiro atoms. The van der Waals surface area contributed by atoms with Gasteiger partial charge in [-0.2, -0.15) is 0 Å². The Morgan fingerprint density at radius 2 is 1.63 bits per heavy atom. The first-order valence-electron chi connectivity index (χ1n) is 8.95. The average molecular weight is 426 g/mol. The highest BCUT2D eigenvalue weighted by atomic mass is 35.5. The zero-order valence-corrected chi connectivity index (χ0v) is 16.1. The quantitative estimate of drug-likeness (QED) is 0.354. The van der Waals surface area contributed by atoms with Gasteiger partial charge < -0.3 is 5.11 Å². The summed E-state index contributed by atoms with van der Waals surface area (Å²) in [6.45, 7) is 0. The Labute approximate surface area is 175 Å². The average Bonchev–Trinajstić information content (AvgIpc) is 2.99. The second-order valence-electron chi connectivity index (χ2n) is 6.68. The van der Waals surface area contributed by atoms with E-state index in [1.54, 1.807) is 6.07 Å². The predicted octanol–water partition coefficient (Wildman–Crippen LogP) is 5.24. The number of Topliss-reactive ketones (excluding diaryl/α,β-unsaturated/α-hetero) is 1. The van der Waals surface area contributed by atoms with Crippen LogP contribution in [0.4, 0.5) is 14.5 Å². The predicted molar refractivity (Wildman–Crippen MR) is 109 cm³/mol. The van der Waals surface area contributed by atoms with Crippen LogP contribution >= 0.6 is 11.6 Å². The molecule has 1 atom stereocenters. The van der Waals surface area contributed by atoms with Crippen molar-refractivity contribution in [2.24, 2.45) is 0 Å². The van der Waals surface area contributed by atoms with Gasteiger partial charge in [-0.3, -0.25) is 14.5 Å². The number of halogens is 3. The number of hydrogen-bond donors (Lipinski definition) is 1. The van der Waals surface area contributed by atoms with Crippen molar-refractivity contribution in [2.45, 2.75) is 6.04 Å². The third-order valence-electron chi connectivity index (χ3n) is 4.85. The van der Waals surface area contributed by atoms with Gasteiger partial charge in [-0.15, -0.1) is 0 Å². The molecule has 0 aliphatic carbocycles. The Bertz CT molecular complexity index is 1190. The molecule has 0 radical (unpaired) electrons. The minimum Gasteiger partial charge on any atom is -0.507 e. The van der Waals surface area contributed by atoms with Gasteiger partial charge in [0.05, 0.1) is 11.6 Å². The summed E-state index contributed by atoms with van der Waals surface area (Å²) in [5.74, 6) is -3.77. The minimum absolute atomic E-state index is 0.00326. The summed E-state index contributed by atoms with van der Waals surface area (Å²) in [4.78, 5) is 26.8. The zero-order chi connectivity index (χ0) is 21.4. The van der Waals surface area contributed by atoms with Gasteiger partial charge in [0.15, 0.2) is 0 Å². The summed E-state index contributed by atoms with van der Waals surface area (Å²) in [5.41, 5.74) is 0.00616. The maximum absolute atomic E-state index is 14.7. The van der Waals surface area contributed by atoms with Crippen LogP contribution in [0.25, 0.3) is 5.76 Å². The van der Waals surface area contributed by atoms with Crippen molar-refractivity contribution < 1.29 is 23.5 Å². The molecular formula is C23H14ClF2NO3. The third kappa shape index (κ3) is 3.35. The number of ketones is 1. The molecule has 1 aliphatic heterocycles. The maximum atomic E-state index is 14.7. The minimum atomic E-state index is -1.27. The van der Waals surface area contributed by atoms with Crippen molar-refractivity contribution in [1.82, 2.24) is 0 Å². The maximum Gasteiger partial charge on any atom is 0.300 e. The molecule has 1 aliphatic rings. The molecule has 4 nitrogen and oxygen atoms in total. The summed E-state index contributed by atoms with van der Waals surface area (Å²) in [6, 6.07) is 15.4. The zero-order valence-electron chi connectivity index (χ0n) is 15.4. The largest absolute Gasteiger partial charge is 0.507 e.